The number of carboxylic acid groups (broad SMARTS) is 1. The topological polar surface area (TPSA) is 69.6 Å². The molecule has 0 spiro atoms. The zero-order chi connectivity index (χ0) is 14.3. The Morgan fingerprint density at radius 2 is 2.05 bits per heavy atom. The SMILES string of the molecule is C=CCC1(CNC(=O)N(C)CCC(=O)O)CCCC1. The maximum absolute atomic E-state index is 11.9. The van der Waals surface area contributed by atoms with Crippen LogP contribution in [0.25, 0.3) is 0 Å². The monoisotopic (exact) mass is 268 g/mol. The van der Waals surface area contributed by atoms with Gasteiger partial charge in [-0.05, 0) is 24.7 Å². The molecule has 0 unspecified atom stereocenters. The van der Waals surface area contributed by atoms with Crippen molar-refractivity contribution in [3.8, 4) is 0 Å². The number of carboxylic acids is 1. The van der Waals surface area contributed by atoms with E-state index < -0.39 is 5.97 Å². The number of hydrogen-bond donors (Lipinski definition) is 2. The van der Waals surface area contributed by atoms with Gasteiger partial charge in [-0.1, -0.05) is 18.9 Å². The van der Waals surface area contributed by atoms with Gasteiger partial charge >= 0.3 is 12.0 Å². The first kappa shape index (κ1) is 15.5. The Labute approximate surface area is 114 Å². The normalized spacial score (nSPS) is 16.9. The summed E-state index contributed by atoms with van der Waals surface area (Å²) in [6, 6.07) is -0.198. The molecule has 5 nitrogen and oxygen atoms in total. The quantitative estimate of drug-likeness (QED) is 0.696. The summed E-state index contributed by atoms with van der Waals surface area (Å²) in [5, 5.41) is 11.5. The molecule has 0 bridgehead atoms. The molecule has 0 heterocycles. The van der Waals surface area contributed by atoms with E-state index in [0.29, 0.717) is 6.54 Å². The van der Waals surface area contributed by atoms with Crippen molar-refractivity contribution < 1.29 is 14.7 Å². The van der Waals surface area contributed by atoms with Crippen LogP contribution in [0.5, 0.6) is 0 Å². The maximum Gasteiger partial charge on any atom is 0.317 e. The molecule has 19 heavy (non-hydrogen) atoms. The van der Waals surface area contributed by atoms with Crippen LogP contribution in [0.2, 0.25) is 0 Å². The predicted molar refractivity (Wildman–Crippen MR) is 74.0 cm³/mol. The minimum Gasteiger partial charge on any atom is -0.481 e. The van der Waals surface area contributed by atoms with E-state index in [2.05, 4.69) is 11.9 Å². The molecule has 0 radical (unpaired) electrons. The third-order valence-corrected chi connectivity index (χ3v) is 3.86. The molecule has 0 aliphatic heterocycles. The van der Waals surface area contributed by atoms with Crippen LogP contribution >= 0.6 is 0 Å². The molecule has 0 aromatic rings. The smallest absolute Gasteiger partial charge is 0.317 e. The van der Waals surface area contributed by atoms with E-state index in [1.807, 2.05) is 6.08 Å². The van der Waals surface area contributed by atoms with Gasteiger partial charge in [0.05, 0.1) is 6.42 Å². The lowest BCUT2D eigenvalue weighted by Crippen LogP contribution is -2.43. The van der Waals surface area contributed by atoms with Crippen LogP contribution in [-0.4, -0.2) is 42.1 Å². The molecule has 0 atom stereocenters. The Balaban J connectivity index is 2.39. The highest BCUT2D eigenvalue weighted by atomic mass is 16.4. The van der Waals surface area contributed by atoms with E-state index in [0.717, 1.165) is 19.3 Å². The highest BCUT2D eigenvalue weighted by Gasteiger charge is 2.33. The van der Waals surface area contributed by atoms with E-state index in [1.165, 1.54) is 17.7 Å². The lowest BCUT2D eigenvalue weighted by Gasteiger charge is -2.29. The fourth-order valence-electron chi connectivity index (χ4n) is 2.65. The predicted octanol–water partition coefficient (Wildman–Crippen LogP) is 2.24. The van der Waals surface area contributed by atoms with Crippen molar-refractivity contribution in [3.63, 3.8) is 0 Å². The van der Waals surface area contributed by atoms with Gasteiger partial charge in [-0.15, -0.1) is 6.58 Å². The Hall–Kier alpha value is -1.52. The maximum atomic E-state index is 11.9. The lowest BCUT2D eigenvalue weighted by atomic mass is 9.83. The first-order chi connectivity index (χ1) is 8.99. The van der Waals surface area contributed by atoms with Crippen LogP contribution in [-0.2, 0) is 4.79 Å². The van der Waals surface area contributed by atoms with Crippen LogP contribution in [0, 0.1) is 5.41 Å². The largest absolute Gasteiger partial charge is 0.481 e. The van der Waals surface area contributed by atoms with E-state index in [4.69, 9.17) is 5.11 Å². The number of carbonyl (C=O) groups excluding carboxylic acids is 1. The van der Waals surface area contributed by atoms with Gasteiger partial charge in [0.1, 0.15) is 0 Å². The van der Waals surface area contributed by atoms with Crippen molar-refractivity contribution >= 4 is 12.0 Å². The van der Waals surface area contributed by atoms with Crippen molar-refractivity contribution in [2.75, 3.05) is 20.1 Å². The zero-order valence-corrected chi connectivity index (χ0v) is 11.7. The van der Waals surface area contributed by atoms with E-state index in [-0.39, 0.29) is 24.4 Å². The van der Waals surface area contributed by atoms with Gasteiger partial charge in [0, 0.05) is 20.1 Å². The van der Waals surface area contributed by atoms with Gasteiger partial charge in [-0.3, -0.25) is 4.79 Å². The number of amides is 2. The molecule has 0 aromatic carbocycles. The molecule has 1 saturated carbocycles. The third-order valence-electron chi connectivity index (χ3n) is 3.86. The fourth-order valence-corrected chi connectivity index (χ4v) is 2.65. The number of hydrogen-bond acceptors (Lipinski definition) is 2. The summed E-state index contributed by atoms with van der Waals surface area (Å²) in [7, 11) is 1.62. The van der Waals surface area contributed by atoms with Crippen LogP contribution in [0.1, 0.15) is 38.5 Å². The summed E-state index contributed by atoms with van der Waals surface area (Å²) in [5.41, 5.74) is 0.158. The number of nitrogens with one attached hydrogen (secondary N) is 1. The average molecular weight is 268 g/mol. The number of rotatable bonds is 7. The van der Waals surface area contributed by atoms with Crippen molar-refractivity contribution in [1.82, 2.24) is 10.2 Å². The molecule has 1 aliphatic carbocycles. The first-order valence-corrected chi connectivity index (χ1v) is 6.81. The van der Waals surface area contributed by atoms with Crippen molar-refractivity contribution in [3.05, 3.63) is 12.7 Å². The number of urea groups is 1. The van der Waals surface area contributed by atoms with Gasteiger partial charge < -0.3 is 15.3 Å². The van der Waals surface area contributed by atoms with Gasteiger partial charge in [-0.25, -0.2) is 4.79 Å². The van der Waals surface area contributed by atoms with Crippen molar-refractivity contribution in [1.29, 1.82) is 0 Å². The molecule has 5 heteroatoms. The molecule has 108 valence electrons. The Kier molecular flexibility index (Phi) is 5.86. The lowest BCUT2D eigenvalue weighted by molar-refractivity contribution is -0.137. The number of nitrogens with zero attached hydrogens (tertiary/aromatic N) is 1. The number of allylic oxidation sites excluding steroid dienone is 1. The van der Waals surface area contributed by atoms with Crippen molar-refractivity contribution in [2.24, 2.45) is 5.41 Å². The molecule has 2 amide bonds. The van der Waals surface area contributed by atoms with Gasteiger partial charge in [0.2, 0.25) is 0 Å². The Bertz CT molecular complexity index is 336. The van der Waals surface area contributed by atoms with Crippen LogP contribution < -0.4 is 5.32 Å². The molecule has 2 N–H and O–H groups in total. The molecule has 1 aliphatic rings. The second-order valence-corrected chi connectivity index (χ2v) is 5.42. The standard InChI is InChI=1S/C14H24N2O3/c1-3-7-14(8-4-5-9-14)11-15-13(19)16(2)10-6-12(17)18/h3H,1,4-11H2,2H3,(H,15,19)(H,17,18). The number of carbonyl (C=O) groups is 2. The minimum atomic E-state index is -0.890. The summed E-state index contributed by atoms with van der Waals surface area (Å²) < 4.78 is 0. The third kappa shape index (κ3) is 4.93. The average Bonchev–Trinajstić information content (AvgIpc) is 2.82. The summed E-state index contributed by atoms with van der Waals surface area (Å²) in [6.45, 7) is 4.67. The summed E-state index contributed by atoms with van der Waals surface area (Å²) >= 11 is 0. The second-order valence-electron chi connectivity index (χ2n) is 5.42. The Morgan fingerprint density at radius 1 is 1.42 bits per heavy atom. The van der Waals surface area contributed by atoms with Gasteiger partial charge in [-0.2, -0.15) is 0 Å². The summed E-state index contributed by atoms with van der Waals surface area (Å²) in [5.74, 6) is -0.890. The summed E-state index contributed by atoms with van der Waals surface area (Å²) in [4.78, 5) is 23.7. The molecular weight excluding hydrogens is 244 g/mol. The van der Waals surface area contributed by atoms with Crippen LogP contribution in [0.15, 0.2) is 12.7 Å². The molecule has 0 aromatic heterocycles. The molecule has 0 saturated heterocycles. The van der Waals surface area contributed by atoms with Crippen LogP contribution in [0.4, 0.5) is 4.79 Å². The number of aliphatic carboxylic acids is 1. The zero-order valence-electron chi connectivity index (χ0n) is 11.7. The van der Waals surface area contributed by atoms with Gasteiger partial charge in [0.25, 0.3) is 0 Å². The van der Waals surface area contributed by atoms with Crippen molar-refractivity contribution in [2.45, 2.75) is 38.5 Å². The van der Waals surface area contributed by atoms with E-state index in [9.17, 15) is 9.59 Å². The highest BCUT2D eigenvalue weighted by molar-refractivity contribution is 5.75. The molecular formula is C14H24N2O3. The molecule has 1 rings (SSSR count). The fraction of sp³-hybridized carbons (Fsp3) is 0.714. The van der Waals surface area contributed by atoms with Gasteiger partial charge in [0.15, 0.2) is 0 Å². The second kappa shape index (κ2) is 7.16. The Morgan fingerprint density at radius 3 is 2.58 bits per heavy atom. The van der Waals surface area contributed by atoms with E-state index in [1.54, 1.807) is 7.05 Å². The van der Waals surface area contributed by atoms with Crippen LogP contribution in [0.3, 0.4) is 0 Å². The first-order valence-electron chi connectivity index (χ1n) is 6.81. The highest BCUT2D eigenvalue weighted by Crippen LogP contribution is 2.40. The summed E-state index contributed by atoms with van der Waals surface area (Å²) in [6.07, 6.45) is 7.48. The molecule has 1 fully saturated rings. The van der Waals surface area contributed by atoms with E-state index >= 15 is 0 Å². The minimum absolute atomic E-state index is 0.0261.